The fourth-order valence-corrected chi connectivity index (χ4v) is 3.83. The number of rotatable bonds is 9. The summed E-state index contributed by atoms with van der Waals surface area (Å²) in [6.07, 6.45) is 10.1. The summed E-state index contributed by atoms with van der Waals surface area (Å²) in [6.45, 7) is 0. The van der Waals surface area contributed by atoms with Crippen LogP contribution in [0.25, 0.3) is 0 Å². The molecule has 1 radical (unpaired) electrons. The van der Waals surface area contributed by atoms with Gasteiger partial charge in [-0.1, -0.05) is 0 Å². The van der Waals surface area contributed by atoms with E-state index in [2.05, 4.69) is 15.0 Å². The van der Waals surface area contributed by atoms with Crippen LogP contribution in [-0.2, 0) is 66.7 Å². The molecule has 0 bridgehead atoms. The van der Waals surface area contributed by atoms with E-state index in [1.165, 1.54) is 0 Å². The van der Waals surface area contributed by atoms with Crippen LogP contribution in [0.2, 0.25) is 0 Å². The number of aryl methyl sites for hydroxylation is 3. The second-order valence-corrected chi connectivity index (χ2v) is 11.7. The number of hydrogen-bond donors (Lipinski definition) is 0. The fraction of sp³-hybridized carbons (Fsp3) is 0.286. The molecule has 16 heteroatoms. The molecule has 0 aliphatic heterocycles. The SMILES string of the molecule is O=S(=O)([O-])CCc1ccncc1.O=S(=O)([O-])CCc1ccncc1.O=S(=O)([O-])CCc1ccncc1.[Fe+3]. The van der Waals surface area contributed by atoms with E-state index in [-0.39, 0.29) is 53.6 Å². The molecule has 37 heavy (non-hydrogen) atoms. The molecule has 3 rings (SSSR count). The van der Waals surface area contributed by atoms with Gasteiger partial charge in [0.15, 0.2) is 0 Å². The summed E-state index contributed by atoms with van der Waals surface area (Å²) in [6, 6.07) is 10.1. The van der Waals surface area contributed by atoms with Gasteiger partial charge in [-0.3, -0.25) is 15.0 Å². The van der Waals surface area contributed by atoms with Crippen LogP contribution in [0.1, 0.15) is 16.7 Å². The first-order valence-electron chi connectivity index (χ1n) is 10.2. The van der Waals surface area contributed by atoms with E-state index < -0.39 is 30.4 Å². The monoisotopic (exact) mass is 614 g/mol. The van der Waals surface area contributed by atoms with E-state index in [0.29, 0.717) is 0 Å². The Morgan fingerprint density at radius 1 is 0.459 bits per heavy atom. The quantitative estimate of drug-likeness (QED) is 0.238. The zero-order chi connectivity index (χ0) is 27.1. The van der Waals surface area contributed by atoms with E-state index in [9.17, 15) is 38.9 Å². The molecule has 0 N–H and O–H groups in total. The van der Waals surface area contributed by atoms with E-state index in [1.807, 2.05) is 0 Å². The van der Waals surface area contributed by atoms with Gasteiger partial charge in [-0.25, -0.2) is 25.3 Å². The van der Waals surface area contributed by atoms with Gasteiger partial charge in [0.25, 0.3) is 0 Å². The first-order chi connectivity index (χ1) is 16.7. The average Bonchev–Trinajstić information content (AvgIpc) is 2.82. The first-order valence-corrected chi connectivity index (χ1v) is 14.9. The third-order valence-corrected chi connectivity index (χ3v) is 6.28. The van der Waals surface area contributed by atoms with Gasteiger partial charge in [-0.05, 0) is 72.4 Å². The Labute approximate surface area is 227 Å². The van der Waals surface area contributed by atoms with Crippen molar-refractivity contribution >= 4 is 30.4 Å². The van der Waals surface area contributed by atoms with Crippen molar-refractivity contribution in [2.75, 3.05) is 17.3 Å². The minimum atomic E-state index is -4.09. The zero-order valence-corrected chi connectivity index (χ0v) is 22.8. The normalized spacial score (nSPS) is 11.1. The maximum atomic E-state index is 10.2. The molecule has 0 atom stereocenters. The summed E-state index contributed by atoms with van der Waals surface area (Å²) < 4.78 is 92.1. The van der Waals surface area contributed by atoms with Crippen LogP contribution in [0.4, 0.5) is 0 Å². The van der Waals surface area contributed by atoms with Gasteiger partial charge < -0.3 is 13.7 Å². The zero-order valence-electron chi connectivity index (χ0n) is 19.3. The van der Waals surface area contributed by atoms with E-state index in [4.69, 9.17) is 0 Å². The van der Waals surface area contributed by atoms with Crippen molar-refractivity contribution in [2.24, 2.45) is 0 Å². The van der Waals surface area contributed by atoms with Gasteiger partial charge >= 0.3 is 17.1 Å². The van der Waals surface area contributed by atoms with Crippen molar-refractivity contribution in [3.8, 4) is 0 Å². The molecule has 0 aliphatic carbocycles. The molecule has 0 fully saturated rings. The number of aromatic nitrogens is 3. The van der Waals surface area contributed by atoms with Crippen LogP contribution in [0.3, 0.4) is 0 Å². The Morgan fingerprint density at radius 3 is 0.811 bits per heavy atom. The summed E-state index contributed by atoms with van der Waals surface area (Å²) in [5.41, 5.74) is 2.43. The molecule has 0 saturated heterocycles. The minimum Gasteiger partial charge on any atom is -0.748 e. The summed E-state index contributed by atoms with van der Waals surface area (Å²) in [7, 11) is -12.3. The molecular formula is C21H24FeN3O9S3. The van der Waals surface area contributed by atoms with Crippen LogP contribution in [0, 0.1) is 0 Å². The summed E-state index contributed by atoms with van der Waals surface area (Å²) in [5.74, 6) is -1.05. The molecule has 0 amide bonds. The molecule has 3 aromatic heterocycles. The number of pyridine rings is 3. The van der Waals surface area contributed by atoms with Crippen molar-refractivity contribution in [1.82, 2.24) is 15.0 Å². The molecule has 0 unspecified atom stereocenters. The van der Waals surface area contributed by atoms with Crippen molar-refractivity contribution in [3.05, 3.63) is 90.3 Å². The number of hydrogen-bond acceptors (Lipinski definition) is 12. The smallest absolute Gasteiger partial charge is 0.748 e. The first kappa shape index (κ1) is 34.7. The maximum absolute atomic E-state index is 10.2. The van der Waals surface area contributed by atoms with Gasteiger partial charge in [0.05, 0.1) is 30.4 Å². The van der Waals surface area contributed by atoms with Crippen molar-refractivity contribution < 1.29 is 56.0 Å². The minimum absolute atomic E-state index is 0. The van der Waals surface area contributed by atoms with Crippen LogP contribution in [-0.4, -0.2) is 71.1 Å². The molecule has 12 nitrogen and oxygen atoms in total. The van der Waals surface area contributed by atoms with Crippen LogP contribution >= 0.6 is 0 Å². The second-order valence-electron chi connectivity index (χ2n) is 7.10. The van der Waals surface area contributed by atoms with Crippen molar-refractivity contribution in [3.63, 3.8) is 0 Å². The largest absolute Gasteiger partial charge is 3.00 e. The summed E-state index contributed by atoms with van der Waals surface area (Å²) >= 11 is 0. The Hall–Kier alpha value is -2.30. The third-order valence-electron chi connectivity index (χ3n) is 4.17. The molecule has 3 aromatic rings. The van der Waals surface area contributed by atoms with Gasteiger partial charge in [0.1, 0.15) is 0 Å². The Kier molecular flexibility index (Phi) is 16.2. The molecule has 0 aliphatic rings. The topological polar surface area (TPSA) is 210 Å². The Bertz CT molecular complexity index is 1180. The van der Waals surface area contributed by atoms with Crippen LogP contribution in [0.5, 0.6) is 0 Å². The standard InChI is InChI=1S/3C7H9NO3S.Fe/c3*9-12(10,11)6-3-7-1-4-8-5-2-7;/h3*1-2,4-5H,3,6H2,(H,9,10,11);/q;;;+3/p-3. The molecule has 0 spiro atoms. The summed E-state index contributed by atoms with van der Waals surface area (Å²) in [4.78, 5) is 11.3. The van der Waals surface area contributed by atoms with Gasteiger partial charge in [0, 0.05) is 54.4 Å². The Balaban J connectivity index is 0.000000518. The van der Waals surface area contributed by atoms with Crippen LogP contribution < -0.4 is 0 Å². The van der Waals surface area contributed by atoms with E-state index in [1.54, 1.807) is 73.6 Å². The predicted octanol–water partition coefficient (Wildman–Crippen LogP) is 0.505. The number of nitrogens with zero attached hydrogens (tertiary/aromatic N) is 3. The second kappa shape index (κ2) is 17.3. The van der Waals surface area contributed by atoms with Gasteiger partial charge in [0.2, 0.25) is 0 Å². The predicted molar refractivity (Wildman–Crippen MR) is 128 cm³/mol. The molecular weight excluding hydrogens is 590 g/mol. The molecule has 0 saturated carbocycles. The molecule has 203 valence electrons. The van der Waals surface area contributed by atoms with Crippen molar-refractivity contribution in [2.45, 2.75) is 19.3 Å². The third kappa shape index (κ3) is 21.5. The maximum Gasteiger partial charge on any atom is 3.00 e. The molecule has 3 heterocycles. The van der Waals surface area contributed by atoms with Gasteiger partial charge in [-0.2, -0.15) is 0 Å². The average molecular weight is 614 g/mol. The fourth-order valence-electron chi connectivity index (χ4n) is 2.38. The van der Waals surface area contributed by atoms with Crippen LogP contribution in [0.15, 0.2) is 73.6 Å². The van der Waals surface area contributed by atoms with Crippen molar-refractivity contribution in [1.29, 1.82) is 0 Å². The van der Waals surface area contributed by atoms with E-state index >= 15 is 0 Å². The Morgan fingerprint density at radius 2 is 0.649 bits per heavy atom. The van der Waals surface area contributed by atoms with Gasteiger partial charge in [-0.15, -0.1) is 0 Å². The van der Waals surface area contributed by atoms with E-state index in [0.717, 1.165) is 16.7 Å². The molecule has 0 aromatic carbocycles. The summed E-state index contributed by atoms with van der Waals surface area (Å²) in [5, 5.41) is 0.